The number of fused-ring (bicyclic) bond motifs is 1. The average Bonchev–Trinajstić information content (AvgIpc) is 2.81. The topological polar surface area (TPSA) is 50.3 Å². The van der Waals surface area contributed by atoms with Crippen LogP contribution in [0.1, 0.15) is 18.4 Å². The molecule has 3 heterocycles. The molecule has 2 aromatic carbocycles. The van der Waals surface area contributed by atoms with Gasteiger partial charge >= 0.3 is 0 Å². The Morgan fingerprint density at radius 3 is 2.78 bits per heavy atom. The Morgan fingerprint density at radius 1 is 1.03 bits per heavy atom. The third kappa shape index (κ3) is 5.01. The minimum Gasteiger partial charge on any atom is -0.489 e. The maximum atomic E-state index is 6.40. The number of aromatic nitrogens is 2. The summed E-state index contributed by atoms with van der Waals surface area (Å²) < 4.78 is 6.40. The molecule has 1 saturated heterocycles. The van der Waals surface area contributed by atoms with Crippen LogP contribution in [0.15, 0.2) is 79.1 Å². The lowest BCUT2D eigenvalue weighted by atomic mass is 10.1. The number of rotatable bonds is 6. The van der Waals surface area contributed by atoms with Crippen molar-refractivity contribution in [1.82, 2.24) is 14.9 Å². The molecular formula is C26H25ClN4O. The van der Waals surface area contributed by atoms with Crippen LogP contribution in [0.5, 0.6) is 5.75 Å². The largest absolute Gasteiger partial charge is 0.489 e. The highest BCUT2D eigenvalue weighted by molar-refractivity contribution is 6.29. The molecule has 1 N–H and O–H groups in total. The summed E-state index contributed by atoms with van der Waals surface area (Å²) in [6, 6.07) is 22.5. The van der Waals surface area contributed by atoms with Gasteiger partial charge in [-0.1, -0.05) is 41.9 Å². The summed E-state index contributed by atoms with van der Waals surface area (Å²) in [5, 5.41) is 5.90. The van der Waals surface area contributed by atoms with Crippen molar-refractivity contribution in [2.24, 2.45) is 0 Å². The van der Waals surface area contributed by atoms with Gasteiger partial charge in [-0.2, -0.15) is 0 Å². The lowest BCUT2D eigenvalue weighted by molar-refractivity contribution is 0.0844. The van der Waals surface area contributed by atoms with Gasteiger partial charge in [0, 0.05) is 24.7 Å². The molecule has 1 fully saturated rings. The van der Waals surface area contributed by atoms with E-state index in [0.717, 1.165) is 60.5 Å². The van der Waals surface area contributed by atoms with E-state index in [4.69, 9.17) is 16.3 Å². The highest BCUT2D eigenvalue weighted by atomic mass is 35.5. The molecule has 1 atom stereocenters. The molecule has 5 nitrogen and oxygen atoms in total. The van der Waals surface area contributed by atoms with Crippen LogP contribution in [-0.4, -0.2) is 34.1 Å². The SMILES string of the molecule is Clc1ccc(Nc2nccc3cc(O[C@@H]4CCCN(Cc5ccccc5)C4)ccc23)cn1. The number of likely N-dealkylation sites (tertiary alicyclic amines) is 1. The molecule has 0 amide bonds. The van der Waals surface area contributed by atoms with E-state index in [-0.39, 0.29) is 6.10 Å². The Kier molecular flexibility index (Phi) is 6.19. The van der Waals surface area contributed by atoms with Crippen molar-refractivity contribution in [3.05, 3.63) is 89.8 Å². The third-order valence-corrected chi connectivity index (χ3v) is 5.96. The van der Waals surface area contributed by atoms with Crippen LogP contribution in [0.3, 0.4) is 0 Å². The number of hydrogen-bond acceptors (Lipinski definition) is 5. The van der Waals surface area contributed by atoms with Crippen molar-refractivity contribution < 1.29 is 4.74 Å². The van der Waals surface area contributed by atoms with Crippen LogP contribution in [0.25, 0.3) is 10.8 Å². The summed E-state index contributed by atoms with van der Waals surface area (Å²) in [5.74, 6) is 1.68. The maximum Gasteiger partial charge on any atom is 0.138 e. The predicted octanol–water partition coefficient (Wildman–Crippen LogP) is 6.07. The minimum absolute atomic E-state index is 0.199. The molecule has 1 aliphatic heterocycles. The van der Waals surface area contributed by atoms with E-state index in [9.17, 15) is 0 Å². The number of pyridine rings is 2. The Morgan fingerprint density at radius 2 is 1.94 bits per heavy atom. The first-order chi connectivity index (χ1) is 15.7. The fourth-order valence-corrected chi connectivity index (χ4v) is 4.31. The van der Waals surface area contributed by atoms with E-state index in [1.165, 1.54) is 5.56 Å². The smallest absolute Gasteiger partial charge is 0.138 e. The first kappa shape index (κ1) is 20.7. The number of hydrogen-bond donors (Lipinski definition) is 1. The van der Waals surface area contributed by atoms with Crippen LogP contribution >= 0.6 is 11.6 Å². The van der Waals surface area contributed by atoms with Crippen LogP contribution in [0.2, 0.25) is 5.15 Å². The Hall–Kier alpha value is -3.15. The number of nitrogens with one attached hydrogen (secondary N) is 1. The van der Waals surface area contributed by atoms with Gasteiger partial charge < -0.3 is 10.1 Å². The quantitative estimate of drug-likeness (QED) is 0.366. The Bertz CT molecular complexity index is 1180. The number of benzene rings is 2. The average molecular weight is 445 g/mol. The second-order valence-electron chi connectivity index (χ2n) is 8.14. The molecule has 0 spiro atoms. The van der Waals surface area contributed by atoms with E-state index in [2.05, 4.69) is 62.6 Å². The molecular weight excluding hydrogens is 420 g/mol. The molecule has 6 heteroatoms. The molecule has 32 heavy (non-hydrogen) atoms. The van der Waals surface area contributed by atoms with Crippen molar-refractivity contribution in [2.45, 2.75) is 25.5 Å². The van der Waals surface area contributed by atoms with Crippen molar-refractivity contribution >= 4 is 33.9 Å². The van der Waals surface area contributed by atoms with Gasteiger partial charge in [0.2, 0.25) is 0 Å². The van der Waals surface area contributed by atoms with E-state index in [0.29, 0.717) is 5.15 Å². The summed E-state index contributed by atoms with van der Waals surface area (Å²) in [4.78, 5) is 11.1. The van der Waals surface area contributed by atoms with Gasteiger partial charge in [-0.05, 0) is 66.7 Å². The lowest BCUT2D eigenvalue weighted by Crippen LogP contribution is -2.40. The number of nitrogens with zero attached hydrogens (tertiary/aromatic N) is 3. The van der Waals surface area contributed by atoms with Gasteiger partial charge in [0.25, 0.3) is 0 Å². The Labute approximate surface area is 193 Å². The zero-order valence-corrected chi connectivity index (χ0v) is 18.5. The van der Waals surface area contributed by atoms with Crippen molar-refractivity contribution in [3.63, 3.8) is 0 Å². The molecule has 0 aliphatic carbocycles. The monoisotopic (exact) mass is 444 g/mol. The number of ether oxygens (including phenoxy) is 1. The van der Waals surface area contributed by atoms with Crippen LogP contribution < -0.4 is 10.1 Å². The van der Waals surface area contributed by atoms with Gasteiger partial charge in [0.15, 0.2) is 0 Å². The van der Waals surface area contributed by atoms with Gasteiger partial charge in [-0.3, -0.25) is 4.90 Å². The predicted molar refractivity (Wildman–Crippen MR) is 130 cm³/mol. The van der Waals surface area contributed by atoms with Crippen molar-refractivity contribution in [1.29, 1.82) is 0 Å². The molecule has 0 unspecified atom stereocenters. The van der Waals surface area contributed by atoms with Crippen LogP contribution in [0, 0.1) is 0 Å². The highest BCUT2D eigenvalue weighted by Crippen LogP contribution is 2.29. The second kappa shape index (κ2) is 9.55. The third-order valence-electron chi connectivity index (χ3n) is 5.74. The van der Waals surface area contributed by atoms with Gasteiger partial charge in [0.1, 0.15) is 22.8 Å². The van der Waals surface area contributed by atoms with E-state index < -0.39 is 0 Å². The van der Waals surface area contributed by atoms with Gasteiger partial charge in [0.05, 0.1) is 11.9 Å². The molecule has 1 aliphatic rings. The first-order valence-electron chi connectivity index (χ1n) is 10.9. The fraction of sp³-hybridized carbons (Fsp3) is 0.231. The van der Waals surface area contributed by atoms with Gasteiger partial charge in [-0.15, -0.1) is 0 Å². The number of piperidine rings is 1. The molecule has 0 saturated carbocycles. The zero-order chi connectivity index (χ0) is 21.8. The lowest BCUT2D eigenvalue weighted by Gasteiger charge is -2.33. The molecule has 4 aromatic rings. The Balaban J connectivity index is 1.28. The van der Waals surface area contributed by atoms with E-state index >= 15 is 0 Å². The fourth-order valence-electron chi connectivity index (χ4n) is 4.20. The van der Waals surface area contributed by atoms with Crippen LogP contribution in [-0.2, 0) is 6.54 Å². The molecule has 0 radical (unpaired) electrons. The summed E-state index contributed by atoms with van der Waals surface area (Å²) in [6.07, 6.45) is 5.93. The molecule has 0 bridgehead atoms. The zero-order valence-electron chi connectivity index (χ0n) is 17.7. The maximum absolute atomic E-state index is 6.40. The first-order valence-corrected chi connectivity index (χ1v) is 11.3. The highest BCUT2D eigenvalue weighted by Gasteiger charge is 2.21. The van der Waals surface area contributed by atoms with Crippen LogP contribution in [0.4, 0.5) is 11.5 Å². The number of halogens is 1. The molecule has 5 rings (SSSR count). The normalized spacial score (nSPS) is 16.7. The standard InChI is InChI=1S/C26H25ClN4O/c27-25-11-8-21(16-29-25)30-26-24-10-9-22(15-20(24)12-13-28-26)32-23-7-4-14-31(18-23)17-19-5-2-1-3-6-19/h1-3,5-6,8-13,15-16,23H,4,7,14,17-18H2,(H,28,30)/t23-/m1/s1. The minimum atomic E-state index is 0.199. The summed E-state index contributed by atoms with van der Waals surface area (Å²) in [7, 11) is 0. The number of anilines is 2. The second-order valence-corrected chi connectivity index (χ2v) is 8.53. The van der Waals surface area contributed by atoms with Crippen molar-refractivity contribution in [2.75, 3.05) is 18.4 Å². The molecule has 162 valence electrons. The summed E-state index contributed by atoms with van der Waals surface area (Å²) in [5.41, 5.74) is 2.19. The summed E-state index contributed by atoms with van der Waals surface area (Å²) >= 11 is 5.89. The van der Waals surface area contributed by atoms with Gasteiger partial charge in [-0.25, -0.2) is 9.97 Å². The van der Waals surface area contributed by atoms with E-state index in [1.54, 1.807) is 18.5 Å². The van der Waals surface area contributed by atoms with E-state index in [1.807, 2.05) is 18.2 Å². The molecule has 2 aromatic heterocycles. The summed E-state index contributed by atoms with van der Waals surface area (Å²) in [6.45, 7) is 3.03. The van der Waals surface area contributed by atoms with Crippen molar-refractivity contribution in [3.8, 4) is 5.75 Å².